The fourth-order valence-corrected chi connectivity index (χ4v) is 3.04. The first-order chi connectivity index (χ1) is 10.7. The quantitative estimate of drug-likeness (QED) is 0.886. The minimum absolute atomic E-state index is 0.226. The van der Waals surface area contributed by atoms with E-state index < -0.39 is 22.5 Å². The third-order valence-electron chi connectivity index (χ3n) is 3.02. The van der Waals surface area contributed by atoms with Crippen molar-refractivity contribution in [1.82, 2.24) is 5.16 Å². The molecular formula is C14H16ClN3O4S. The number of nitrogens with one attached hydrogen (secondary N) is 1. The predicted octanol–water partition coefficient (Wildman–Crippen LogP) is 2.35. The van der Waals surface area contributed by atoms with Crippen molar-refractivity contribution in [3.05, 3.63) is 40.6 Å². The zero-order chi connectivity index (χ0) is 17.2. The van der Waals surface area contributed by atoms with Crippen LogP contribution >= 0.6 is 11.6 Å². The van der Waals surface area contributed by atoms with E-state index in [9.17, 15) is 13.2 Å². The number of hydrogen-bond acceptors (Lipinski definition) is 5. The number of hydrogen-bond donors (Lipinski definition) is 1. The molecule has 1 amide bonds. The normalized spacial score (nSPS) is 11.3. The SMILES string of the molecule is Cc1cc(NC(=O)CN(c2cc(Cl)ccc2C)S(C)(=O)=O)no1. The number of sulfonamides is 1. The molecule has 124 valence electrons. The second-order valence-corrected chi connectivity index (χ2v) is 7.41. The van der Waals surface area contributed by atoms with Crippen molar-refractivity contribution in [2.24, 2.45) is 0 Å². The summed E-state index contributed by atoms with van der Waals surface area (Å²) in [7, 11) is -3.67. The lowest BCUT2D eigenvalue weighted by Crippen LogP contribution is -2.37. The maximum atomic E-state index is 12.1. The van der Waals surface area contributed by atoms with Crippen LogP contribution in [0.4, 0.5) is 11.5 Å². The summed E-state index contributed by atoms with van der Waals surface area (Å²) in [4.78, 5) is 12.1. The Morgan fingerprint density at radius 3 is 2.61 bits per heavy atom. The van der Waals surface area contributed by atoms with Crippen molar-refractivity contribution in [3.8, 4) is 0 Å². The zero-order valence-electron chi connectivity index (χ0n) is 12.8. The highest BCUT2D eigenvalue weighted by atomic mass is 35.5. The van der Waals surface area contributed by atoms with Crippen LogP contribution in [0.3, 0.4) is 0 Å². The van der Waals surface area contributed by atoms with E-state index in [-0.39, 0.29) is 5.82 Å². The van der Waals surface area contributed by atoms with Crippen LogP contribution in [0.25, 0.3) is 0 Å². The standard InChI is InChI=1S/C14H16ClN3O4S/c1-9-4-5-11(15)7-12(9)18(23(3,20)21)8-14(19)16-13-6-10(2)22-17-13/h4-7H,8H2,1-3H3,(H,16,17,19). The molecule has 9 heteroatoms. The molecule has 7 nitrogen and oxygen atoms in total. The van der Waals surface area contributed by atoms with Crippen molar-refractivity contribution in [2.75, 3.05) is 22.4 Å². The monoisotopic (exact) mass is 357 g/mol. The molecule has 0 bridgehead atoms. The first-order valence-corrected chi connectivity index (χ1v) is 8.86. The van der Waals surface area contributed by atoms with E-state index in [1.54, 1.807) is 26.0 Å². The van der Waals surface area contributed by atoms with Crippen LogP contribution in [0.15, 0.2) is 28.8 Å². The van der Waals surface area contributed by atoms with Crippen LogP contribution in [-0.2, 0) is 14.8 Å². The molecule has 1 heterocycles. The number of rotatable bonds is 5. The number of amides is 1. The molecule has 1 N–H and O–H groups in total. The zero-order valence-corrected chi connectivity index (χ0v) is 14.4. The number of carbonyl (C=O) groups is 1. The third kappa shape index (κ3) is 4.46. The Kier molecular flexibility index (Phi) is 4.96. The number of aromatic nitrogens is 1. The van der Waals surface area contributed by atoms with Gasteiger partial charge in [-0.1, -0.05) is 22.8 Å². The van der Waals surface area contributed by atoms with Gasteiger partial charge in [0.2, 0.25) is 15.9 Å². The number of aryl methyl sites for hydroxylation is 2. The van der Waals surface area contributed by atoms with Crippen LogP contribution < -0.4 is 9.62 Å². The van der Waals surface area contributed by atoms with E-state index in [0.29, 0.717) is 22.0 Å². The molecule has 0 saturated carbocycles. The summed E-state index contributed by atoms with van der Waals surface area (Å²) in [6.07, 6.45) is 1.03. The van der Waals surface area contributed by atoms with E-state index >= 15 is 0 Å². The van der Waals surface area contributed by atoms with Gasteiger partial charge < -0.3 is 9.84 Å². The molecule has 0 atom stereocenters. The molecule has 2 rings (SSSR count). The Hall–Kier alpha value is -2.06. The minimum Gasteiger partial charge on any atom is -0.360 e. The Morgan fingerprint density at radius 1 is 1.35 bits per heavy atom. The fourth-order valence-electron chi connectivity index (χ4n) is 1.97. The molecule has 0 aliphatic rings. The van der Waals surface area contributed by atoms with Gasteiger partial charge in [0.1, 0.15) is 12.3 Å². The van der Waals surface area contributed by atoms with Crippen molar-refractivity contribution in [2.45, 2.75) is 13.8 Å². The summed E-state index contributed by atoms with van der Waals surface area (Å²) in [5.41, 5.74) is 1.04. The number of anilines is 2. The summed E-state index contributed by atoms with van der Waals surface area (Å²) in [5.74, 6) is 0.220. The molecule has 0 radical (unpaired) electrons. The predicted molar refractivity (Wildman–Crippen MR) is 88.2 cm³/mol. The maximum Gasteiger partial charge on any atom is 0.246 e. The van der Waals surface area contributed by atoms with E-state index in [2.05, 4.69) is 10.5 Å². The van der Waals surface area contributed by atoms with E-state index in [0.717, 1.165) is 10.6 Å². The highest BCUT2D eigenvalue weighted by Crippen LogP contribution is 2.26. The van der Waals surface area contributed by atoms with Gasteiger partial charge in [-0.3, -0.25) is 9.10 Å². The van der Waals surface area contributed by atoms with E-state index in [1.807, 2.05) is 0 Å². The molecular weight excluding hydrogens is 342 g/mol. The molecule has 1 aromatic carbocycles. The molecule has 23 heavy (non-hydrogen) atoms. The second kappa shape index (κ2) is 6.59. The Bertz CT molecular complexity index is 832. The molecule has 0 spiro atoms. The van der Waals surface area contributed by atoms with Crippen molar-refractivity contribution >= 4 is 39.0 Å². The third-order valence-corrected chi connectivity index (χ3v) is 4.38. The lowest BCUT2D eigenvalue weighted by atomic mass is 10.2. The van der Waals surface area contributed by atoms with Crippen LogP contribution in [0.2, 0.25) is 5.02 Å². The topological polar surface area (TPSA) is 92.5 Å². The van der Waals surface area contributed by atoms with Crippen LogP contribution in [0.1, 0.15) is 11.3 Å². The van der Waals surface area contributed by atoms with E-state index in [1.165, 1.54) is 12.1 Å². The molecule has 0 unspecified atom stereocenters. The second-order valence-electron chi connectivity index (χ2n) is 5.07. The highest BCUT2D eigenvalue weighted by molar-refractivity contribution is 7.92. The summed E-state index contributed by atoms with van der Waals surface area (Å²) in [6.45, 7) is 3.02. The summed E-state index contributed by atoms with van der Waals surface area (Å²) < 4.78 is 30.0. The van der Waals surface area contributed by atoms with Crippen LogP contribution in [0.5, 0.6) is 0 Å². The van der Waals surface area contributed by atoms with Gasteiger partial charge in [0.05, 0.1) is 11.9 Å². The maximum absolute atomic E-state index is 12.1. The van der Waals surface area contributed by atoms with E-state index in [4.69, 9.17) is 16.1 Å². The molecule has 0 aliphatic carbocycles. The van der Waals surface area contributed by atoms with Crippen molar-refractivity contribution in [1.29, 1.82) is 0 Å². The number of benzene rings is 1. The number of nitrogens with zero attached hydrogens (tertiary/aromatic N) is 2. The van der Waals surface area contributed by atoms with Crippen molar-refractivity contribution < 1.29 is 17.7 Å². The smallest absolute Gasteiger partial charge is 0.246 e. The molecule has 2 aromatic rings. The van der Waals surface area contributed by atoms with Gasteiger partial charge in [-0.2, -0.15) is 0 Å². The largest absolute Gasteiger partial charge is 0.360 e. The Labute approximate surface area is 139 Å². The first-order valence-electron chi connectivity index (χ1n) is 6.64. The van der Waals surface area contributed by atoms with Crippen molar-refractivity contribution in [3.63, 3.8) is 0 Å². The van der Waals surface area contributed by atoms with Gasteiger partial charge in [0.25, 0.3) is 0 Å². The van der Waals surface area contributed by atoms with Gasteiger partial charge in [-0.25, -0.2) is 8.42 Å². The number of carbonyl (C=O) groups excluding carboxylic acids is 1. The molecule has 1 aromatic heterocycles. The number of halogens is 1. The molecule has 0 aliphatic heterocycles. The van der Waals surface area contributed by atoms with Gasteiger partial charge >= 0.3 is 0 Å². The average Bonchev–Trinajstić information content (AvgIpc) is 2.83. The van der Waals surface area contributed by atoms with Crippen LogP contribution in [-0.4, -0.2) is 32.3 Å². The molecule has 0 fully saturated rings. The average molecular weight is 358 g/mol. The van der Waals surface area contributed by atoms with Gasteiger partial charge in [0, 0.05) is 11.1 Å². The Morgan fingerprint density at radius 2 is 2.04 bits per heavy atom. The molecule has 0 saturated heterocycles. The summed E-state index contributed by atoms with van der Waals surface area (Å²) in [5, 5.41) is 6.50. The first kappa shape index (κ1) is 17.3. The minimum atomic E-state index is -3.67. The summed E-state index contributed by atoms with van der Waals surface area (Å²) >= 11 is 5.94. The fraction of sp³-hybridized carbons (Fsp3) is 0.286. The van der Waals surface area contributed by atoms with Crippen LogP contribution in [0, 0.1) is 13.8 Å². The lowest BCUT2D eigenvalue weighted by Gasteiger charge is -2.23. The van der Waals surface area contributed by atoms with Gasteiger partial charge in [-0.15, -0.1) is 0 Å². The van der Waals surface area contributed by atoms with Gasteiger partial charge in [0.15, 0.2) is 5.82 Å². The Balaban J connectivity index is 2.26. The highest BCUT2D eigenvalue weighted by Gasteiger charge is 2.23. The van der Waals surface area contributed by atoms with Gasteiger partial charge in [-0.05, 0) is 31.5 Å². The summed E-state index contributed by atoms with van der Waals surface area (Å²) in [6, 6.07) is 6.38. The lowest BCUT2D eigenvalue weighted by molar-refractivity contribution is -0.114.